The van der Waals surface area contributed by atoms with Gasteiger partial charge in [-0.25, -0.2) is 13.2 Å². The molecular formula is C15H8Br2O4S. The van der Waals surface area contributed by atoms with E-state index in [0.29, 0.717) is 15.4 Å². The zero-order chi connectivity index (χ0) is 15.9. The summed E-state index contributed by atoms with van der Waals surface area (Å²) in [5, 5.41) is 0.510. The van der Waals surface area contributed by atoms with Crippen molar-refractivity contribution in [2.45, 2.75) is 9.79 Å². The number of halogens is 2. The molecule has 3 rings (SSSR count). The van der Waals surface area contributed by atoms with Gasteiger partial charge in [0, 0.05) is 9.86 Å². The fourth-order valence-electron chi connectivity index (χ4n) is 2.05. The highest BCUT2D eigenvalue weighted by atomic mass is 79.9. The fourth-order valence-corrected chi connectivity index (χ4v) is 4.70. The molecule has 0 fully saturated rings. The Hall–Kier alpha value is -1.44. The van der Waals surface area contributed by atoms with E-state index in [-0.39, 0.29) is 9.79 Å². The van der Waals surface area contributed by atoms with E-state index in [2.05, 4.69) is 31.9 Å². The second-order valence-corrected chi connectivity index (χ2v) is 8.21. The SMILES string of the molecule is O=c1oc2c(Br)cc(Br)cc2cc1S(=O)(=O)c1ccccc1. The van der Waals surface area contributed by atoms with E-state index >= 15 is 0 Å². The van der Waals surface area contributed by atoms with Crippen LogP contribution in [0.25, 0.3) is 11.0 Å². The van der Waals surface area contributed by atoms with Gasteiger partial charge in [-0.1, -0.05) is 34.1 Å². The van der Waals surface area contributed by atoms with E-state index in [9.17, 15) is 13.2 Å². The number of rotatable bonds is 2. The summed E-state index contributed by atoms with van der Waals surface area (Å²) in [7, 11) is -3.92. The Morgan fingerprint density at radius 2 is 1.64 bits per heavy atom. The third kappa shape index (κ3) is 2.64. The number of hydrogen-bond donors (Lipinski definition) is 0. The average molecular weight is 444 g/mol. The van der Waals surface area contributed by atoms with Crippen molar-refractivity contribution in [1.29, 1.82) is 0 Å². The number of sulfone groups is 1. The lowest BCUT2D eigenvalue weighted by atomic mass is 10.2. The normalized spacial score (nSPS) is 11.7. The Morgan fingerprint density at radius 3 is 2.32 bits per heavy atom. The first-order valence-electron chi connectivity index (χ1n) is 6.12. The smallest absolute Gasteiger partial charge is 0.355 e. The lowest BCUT2D eigenvalue weighted by molar-refractivity contribution is 0.531. The summed E-state index contributed by atoms with van der Waals surface area (Å²) in [6.45, 7) is 0. The van der Waals surface area contributed by atoms with Crippen LogP contribution in [0.15, 0.2) is 76.5 Å². The van der Waals surface area contributed by atoms with Crippen molar-refractivity contribution in [1.82, 2.24) is 0 Å². The van der Waals surface area contributed by atoms with Gasteiger partial charge in [-0.2, -0.15) is 0 Å². The van der Waals surface area contributed by atoms with Gasteiger partial charge in [-0.15, -0.1) is 0 Å². The van der Waals surface area contributed by atoms with E-state index in [1.54, 1.807) is 30.3 Å². The highest BCUT2D eigenvalue weighted by molar-refractivity contribution is 9.11. The molecule has 0 saturated carbocycles. The van der Waals surface area contributed by atoms with Crippen molar-refractivity contribution in [2.24, 2.45) is 0 Å². The molecule has 4 nitrogen and oxygen atoms in total. The average Bonchev–Trinajstić information content (AvgIpc) is 2.48. The minimum Gasteiger partial charge on any atom is -0.421 e. The molecule has 0 aliphatic heterocycles. The first-order chi connectivity index (χ1) is 10.4. The Morgan fingerprint density at radius 1 is 0.955 bits per heavy atom. The van der Waals surface area contributed by atoms with Crippen LogP contribution in [0.2, 0.25) is 0 Å². The van der Waals surface area contributed by atoms with Crippen molar-refractivity contribution in [3.8, 4) is 0 Å². The Balaban J connectivity index is 2.33. The maximum atomic E-state index is 12.6. The maximum Gasteiger partial charge on any atom is 0.355 e. The quantitative estimate of drug-likeness (QED) is 0.558. The van der Waals surface area contributed by atoms with Crippen molar-refractivity contribution in [3.63, 3.8) is 0 Å². The molecule has 3 aromatic rings. The molecule has 0 N–H and O–H groups in total. The van der Waals surface area contributed by atoms with Crippen LogP contribution in [-0.4, -0.2) is 8.42 Å². The molecule has 112 valence electrons. The zero-order valence-electron chi connectivity index (χ0n) is 10.9. The molecule has 0 bridgehead atoms. The summed E-state index contributed by atoms with van der Waals surface area (Å²) in [5.41, 5.74) is -0.584. The minimum absolute atomic E-state index is 0.0516. The standard InChI is InChI=1S/C15H8Br2O4S/c16-10-6-9-7-13(15(18)21-14(9)12(17)8-10)22(19,20)11-4-2-1-3-5-11/h1-8H. The van der Waals surface area contributed by atoms with Crippen LogP contribution in [0.5, 0.6) is 0 Å². The van der Waals surface area contributed by atoms with Crippen LogP contribution < -0.4 is 5.63 Å². The van der Waals surface area contributed by atoms with Crippen LogP contribution in [0, 0.1) is 0 Å². The lowest BCUT2D eigenvalue weighted by Gasteiger charge is -2.06. The van der Waals surface area contributed by atoms with Crippen LogP contribution in [0.3, 0.4) is 0 Å². The van der Waals surface area contributed by atoms with Crippen LogP contribution in [0.4, 0.5) is 0 Å². The van der Waals surface area contributed by atoms with Gasteiger partial charge in [0.15, 0.2) is 10.5 Å². The van der Waals surface area contributed by atoms with Gasteiger partial charge in [0.1, 0.15) is 0 Å². The van der Waals surface area contributed by atoms with Gasteiger partial charge in [0.25, 0.3) is 0 Å². The molecule has 7 heteroatoms. The summed E-state index contributed by atoms with van der Waals surface area (Å²) in [6.07, 6.45) is 0. The predicted octanol–water partition coefficient (Wildman–Crippen LogP) is 4.15. The molecule has 0 aliphatic carbocycles. The summed E-state index contributed by atoms with van der Waals surface area (Å²) in [6, 6.07) is 12.5. The highest BCUT2D eigenvalue weighted by Crippen LogP contribution is 2.29. The predicted molar refractivity (Wildman–Crippen MR) is 89.8 cm³/mol. The maximum absolute atomic E-state index is 12.6. The van der Waals surface area contributed by atoms with Gasteiger partial charge in [-0.05, 0) is 46.3 Å². The van der Waals surface area contributed by atoms with Gasteiger partial charge in [-0.3, -0.25) is 0 Å². The Kier molecular flexibility index (Phi) is 3.96. The summed E-state index contributed by atoms with van der Waals surface area (Å²) < 4.78 is 31.7. The number of fused-ring (bicyclic) bond motifs is 1. The molecule has 1 heterocycles. The molecule has 22 heavy (non-hydrogen) atoms. The van der Waals surface area contributed by atoms with Crippen molar-refractivity contribution in [3.05, 3.63) is 67.9 Å². The summed E-state index contributed by atoms with van der Waals surface area (Å²) >= 11 is 6.61. The van der Waals surface area contributed by atoms with E-state index in [0.717, 1.165) is 4.47 Å². The van der Waals surface area contributed by atoms with E-state index in [1.807, 2.05) is 0 Å². The van der Waals surface area contributed by atoms with Crippen LogP contribution in [0.1, 0.15) is 0 Å². The monoisotopic (exact) mass is 442 g/mol. The second-order valence-electron chi connectivity index (χ2n) is 4.52. The first kappa shape index (κ1) is 15.5. The van der Waals surface area contributed by atoms with Gasteiger partial charge in [0.2, 0.25) is 9.84 Å². The molecule has 0 unspecified atom stereocenters. The zero-order valence-corrected chi connectivity index (χ0v) is 14.9. The van der Waals surface area contributed by atoms with E-state index in [1.165, 1.54) is 18.2 Å². The first-order valence-corrected chi connectivity index (χ1v) is 9.19. The third-order valence-electron chi connectivity index (χ3n) is 3.06. The summed E-state index contributed by atoms with van der Waals surface area (Å²) in [4.78, 5) is 11.8. The molecule has 0 radical (unpaired) electrons. The molecular weight excluding hydrogens is 436 g/mol. The molecule has 2 aromatic carbocycles. The number of benzene rings is 2. The molecule has 0 spiro atoms. The van der Waals surface area contributed by atoms with Crippen LogP contribution >= 0.6 is 31.9 Å². The van der Waals surface area contributed by atoms with Crippen molar-refractivity contribution >= 4 is 52.7 Å². The van der Waals surface area contributed by atoms with Crippen LogP contribution in [-0.2, 0) is 9.84 Å². The molecule has 0 aliphatic rings. The van der Waals surface area contributed by atoms with Gasteiger partial charge in [0.05, 0.1) is 9.37 Å². The van der Waals surface area contributed by atoms with E-state index in [4.69, 9.17) is 4.42 Å². The molecule has 0 saturated heterocycles. The second kappa shape index (κ2) is 5.64. The third-order valence-corrected chi connectivity index (χ3v) is 5.87. The Bertz CT molecular complexity index is 1020. The largest absolute Gasteiger partial charge is 0.421 e. The highest BCUT2D eigenvalue weighted by Gasteiger charge is 2.23. The molecule has 0 amide bonds. The fraction of sp³-hybridized carbons (Fsp3) is 0. The van der Waals surface area contributed by atoms with Gasteiger partial charge >= 0.3 is 5.63 Å². The van der Waals surface area contributed by atoms with Crippen molar-refractivity contribution < 1.29 is 12.8 Å². The Labute approximate surface area is 142 Å². The molecule has 1 aromatic heterocycles. The topological polar surface area (TPSA) is 64.3 Å². The molecule has 0 atom stereocenters. The lowest BCUT2D eigenvalue weighted by Crippen LogP contribution is -2.14. The minimum atomic E-state index is -3.92. The van der Waals surface area contributed by atoms with Gasteiger partial charge < -0.3 is 4.42 Å². The number of hydrogen-bond acceptors (Lipinski definition) is 4. The van der Waals surface area contributed by atoms with Crippen molar-refractivity contribution in [2.75, 3.05) is 0 Å². The summed E-state index contributed by atoms with van der Waals surface area (Å²) in [5.74, 6) is 0. The van der Waals surface area contributed by atoms with E-state index < -0.39 is 15.5 Å².